The molecule has 0 spiro atoms. The summed E-state index contributed by atoms with van der Waals surface area (Å²) in [5, 5.41) is 0. The summed E-state index contributed by atoms with van der Waals surface area (Å²) in [4.78, 5) is 0. The molecule has 1 rings (SSSR count). The van der Waals surface area contributed by atoms with Gasteiger partial charge >= 0.3 is 6.18 Å². The van der Waals surface area contributed by atoms with Gasteiger partial charge in [-0.25, -0.2) is 0 Å². The Morgan fingerprint density at radius 1 is 1.06 bits per heavy atom. The number of halogens is 3. The van der Waals surface area contributed by atoms with Crippen LogP contribution in [0.2, 0.25) is 0 Å². The van der Waals surface area contributed by atoms with Gasteiger partial charge in [0.25, 0.3) is 0 Å². The minimum atomic E-state index is -4.08. The first-order valence-electron chi connectivity index (χ1n) is 5.25. The van der Waals surface area contributed by atoms with Gasteiger partial charge in [0.2, 0.25) is 0 Å². The number of hydrogen-bond donors (Lipinski definition) is 0. The number of allylic oxidation sites excluding steroid dienone is 2. The van der Waals surface area contributed by atoms with Crippen molar-refractivity contribution >= 4 is 0 Å². The van der Waals surface area contributed by atoms with Crippen molar-refractivity contribution < 1.29 is 13.2 Å². The number of aryl methyl sites for hydroxylation is 2. The van der Waals surface area contributed by atoms with E-state index in [1.807, 2.05) is 31.2 Å². The first-order valence-corrected chi connectivity index (χ1v) is 5.25. The second-order valence-electron chi connectivity index (χ2n) is 3.81. The molecule has 0 saturated carbocycles. The molecule has 16 heavy (non-hydrogen) atoms. The SMILES string of the molecule is Cc1ccc(CCC=CCC(F)(F)F)cc1. The third-order valence-corrected chi connectivity index (χ3v) is 2.24. The molecule has 0 N–H and O–H groups in total. The molecule has 0 atom stereocenters. The highest BCUT2D eigenvalue weighted by Crippen LogP contribution is 2.19. The van der Waals surface area contributed by atoms with Crippen LogP contribution in [-0.2, 0) is 6.42 Å². The van der Waals surface area contributed by atoms with Crippen LogP contribution < -0.4 is 0 Å². The molecule has 0 saturated heterocycles. The van der Waals surface area contributed by atoms with Crippen molar-refractivity contribution in [2.75, 3.05) is 0 Å². The second kappa shape index (κ2) is 5.73. The van der Waals surface area contributed by atoms with Crippen LogP contribution in [0.1, 0.15) is 24.0 Å². The summed E-state index contributed by atoms with van der Waals surface area (Å²) >= 11 is 0. The molecule has 0 fully saturated rings. The molecule has 0 heterocycles. The van der Waals surface area contributed by atoms with Crippen molar-refractivity contribution in [3.8, 4) is 0 Å². The van der Waals surface area contributed by atoms with Crippen LogP contribution in [0.3, 0.4) is 0 Å². The van der Waals surface area contributed by atoms with Gasteiger partial charge in [-0.2, -0.15) is 13.2 Å². The van der Waals surface area contributed by atoms with Crippen molar-refractivity contribution in [3.63, 3.8) is 0 Å². The minimum absolute atomic E-state index is 0.652. The van der Waals surface area contributed by atoms with Crippen molar-refractivity contribution in [1.29, 1.82) is 0 Å². The lowest BCUT2D eigenvalue weighted by molar-refractivity contribution is -0.125. The Bertz CT molecular complexity index is 333. The largest absolute Gasteiger partial charge is 0.392 e. The molecule has 0 nitrogen and oxygen atoms in total. The van der Waals surface area contributed by atoms with Crippen LogP contribution in [0, 0.1) is 6.92 Å². The number of alkyl halides is 3. The third kappa shape index (κ3) is 5.59. The van der Waals surface area contributed by atoms with Crippen LogP contribution >= 0.6 is 0 Å². The van der Waals surface area contributed by atoms with Gasteiger partial charge in [0.15, 0.2) is 0 Å². The highest BCUT2D eigenvalue weighted by atomic mass is 19.4. The summed E-state index contributed by atoms with van der Waals surface area (Å²) in [6.45, 7) is 2.01. The summed E-state index contributed by atoms with van der Waals surface area (Å²) in [7, 11) is 0. The van der Waals surface area contributed by atoms with Gasteiger partial charge in [0.1, 0.15) is 0 Å². The maximum atomic E-state index is 11.8. The van der Waals surface area contributed by atoms with Crippen molar-refractivity contribution in [2.45, 2.75) is 32.4 Å². The molecule has 0 radical (unpaired) electrons. The first kappa shape index (κ1) is 12.8. The molecule has 0 unspecified atom stereocenters. The Labute approximate surface area is 93.8 Å². The van der Waals surface area contributed by atoms with Gasteiger partial charge in [-0.1, -0.05) is 42.0 Å². The summed E-state index contributed by atoms with van der Waals surface area (Å²) in [5.74, 6) is 0. The summed E-state index contributed by atoms with van der Waals surface area (Å²) in [5.41, 5.74) is 2.35. The van der Waals surface area contributed by atoms with Crippen LogP contribution in [0.4, 0.5) is 13.2 Å². The Morgan fingerprint density at radius 2 is 1.69 bits per heavy atom. The van der Waals surface area contributed by atoms with Gasteiger partial charge in [-0.05, 0) is 25.3 Å². The Morgan fingerprint density at radius 3 is 2.25 bits per heavy atom. The van der Waals surface area contributed by atoms with E-state index in [2.05, 4.69) is 0 Å². The number of rotatable bonds is 4. The van der Waals surface area contributed by atoms with Gasteiger partial charge in [0.05, 0.1) is 6.42 Å². The lowest BCUT2D eigenvalue weighted by Crippen LogP contribution is -2.03. The topological polar surface area (TPSA) is 0 Å². The van der Waals surface area contributed by atoms with Gasteiger partial charge in [-0.15, -0.1) is 0 Å². The highest BCUT2D eigenvalue weighted by Gasteiger charge is 2.24. The lowest BCUT2D eigenvalue weighted by Gasteiger charge is -2.01. The van der Waals surface area contributed by atoms with E-state index in [-0.39, 0.29) is 0 Å². The average molecular weight is 228 g/mol. The van der Waals surface area contributed by atoms with Crippen LogP contribution in [0.5, 0.6) is 0 Å². The van der Waals surface area contributed by atoms with E-state index >= 15 is 0 Å². The number of hydrogen-bond acceptors (Lipinski definition) is 0. The predicted molar refractivity (Wildman–Crippen MR) is 59.3 cm³/mol. The normalized spacial score (nSPS) is 12.2. The molecule has 0 amide bonds. The molecule has 0 bridgehead atoms. The van der Waals surface area contributed by atoms with Gasteiger partial charge in [-0.3, -0.25) is 0 Å². The van der Waals surface area contributed by atoms with E-state index in [1.165, 1.54) is 11.6 Å². The van der Waals surface area contributed by atoms with E-state index < -0.39 is 12.6 Å². The van der Waals surface area contributed by atoms with E-state index in [0.717, 1.165) is 12.0 Å². The second-order valence-corrected chi connectivity index (χ2v) is 3.81. The molecule has 88 valence electrons. The molecule has 0 aromatic heterocycles. The van der Waals surface area contributed by atoms with Crippen molar-refractivity contribution in [1.82, 2.24) is 0 Å². The van der Waals surface area contributed by atoms with E-state index in [9.17, 15) is 13.2 Å². The zero-order valence-corrected chi connectivity index (χ0v) is 9.22. The van der Waals surface area contributed by atoms with E-state index in [1.54, 1.807) is 6.08 Å². The Kier molecular flexibility index (Phi) is 4.59. The standard InChI is InChI=1S/C13H15F3/c1-11-6-8-12(9-7-11)5-3-2-4-10-13(14,15)16/h2,4,6-9H,3,5,10H2,1H3. The molecule has 0 aliphatic carbocycles. The Balaban J connectivity index is 2.28. The Hall–Kier alpha value is -1.25. The van der Waals surface area contributed by atoms with Crippen LogP contribution in [-0.4, -0.2) is 6.18 Å². The smallest absolute Gasteiger partial charge is 0.171 e. The summed E-state index contributed by atoms with van der Waals surface area (Å²) in [6.07, 6.45) is -0.698. The summed E-state index contributed by atoms with van der Waals surface area (Å²) in [6, 6.07) is 8.03. The third-order valence-electron chi connectivity index (χ3n) is 2.24. The highest BCUT2D eigenvalue weighted by molar-refractivity contribution is 5.21. The molecule has 0 aliphatic heterocycles. The first-order chi connectivity index (χ1) is 7.47. The van der Waals surface area contributed by atoms with Crippen LogP contribution in [0.25, 0.3) is 0 Å². The summed E-state index contributed by atoms with van der Waals surface area (Å²) < 4.78 is 35.4. The fourth-order valence-electron chi connectivity index (χ4n) is 1.34. The van der Waals surface area contributed by atoms with Crippen LogP contribution in [0.15, 0.2) is 36.4 Å². The van der Waals surface area contributed by atoms with Crippen molar-refractivity contribution in [2.24, 2.45) is 0 Å². The maximum Gasteiger partial charge on any atom is 0.392 e. The molecule has 0 aliphatic rings. The molecule has 1 aromatic carbocycles. The molecular formula is C13H15F3. The van der Waals surface area contributed by atoms with E-state index in [4.69, 9.17) is 0 Å². The zero-order chi connectivity index (χ0) is 12.0. The monoisotopic (exact) mass is 228 g/mol. The molecular weight excluding hydrogens is 213 g/mol. The fraction of sp³-hybridized carbons (Fsp3) is 0.385. The zero-order valence-electron chi connectivity index (χ0n) is 9.22. The van der Waals surface area contributed by atoms with E-state index in [0.29, 0.717) is 6.42 Å². The fourth-order valence-corrected chi connectivity index (χ4v) is 1.34. The van der Waals surface area contributed by atoms with Gasteiger partial charge in [0, 0.05) is 0 Å². The minimum Gasteiger partial charge on any atom is -0.171 e. The predicted octanol–water partition coefficient (Wildman–Crippen LogP) is 4.44. The number of benzene rings is 1. The average Bonchev–Trinajstić information content (AvgIpc) is 2.19. The molecule has 1 aromatic rings. The maximum absolute atomic E-state index is 11.8. The molecule has 3 heteroatoms. The van der Waals surface area contributed by atoms with Gasteiger partial charge < -0.3 is 0 Å². The quantitative estimate of drug-likeness (QED) is 0.668. The lowest BCUT2D eigenvalue weighted by atomic mass is 10.1. The van der Waals surface area contributed by atoms with Crippen molar-refractivity contribution in [3.05, 3.63) is 47.5 Å².